The number of aromatic nitrogens is 1. The number of halogens is 1. The zero-order valence-corrected chi connectivity index (χ0v) is 11.9. The molecule has 0 bridgehead atoms. The van der Waals surface area contributed by atoms with Crippen molar-refractivity contribution in [1.29, 1.82) is 0 Å². The quantitative estimate of drug-likeness (QED) is 0.882. The van der Waals surface area contributed by atoms with Crippen LogP contribution in [0, 0.1) is 0 Å². The van der Waals surface area contributed by atoms with Gasteiger partial charge in [0.1, 0.15) is 6.61 Å². The first-order valence-corrected chi connectivity index (χ1v) is 7.23. The van der Waals surface area contributed by atoms with Gasteiger partial charge in [0.25, 0.3) is 0 Å². The lowest BCUT2D eigenvalue weighted by molar-refractivity contribution is 0.293. The summed E-state index contributed by atoms with van der Waals surface area (Å²) in [6.07, 6.45) is 4.19. The maximum atomic E-state index is 6.16. The predicted octanol–water partition coefficient (Wildman–Crippen LogP) is 3.57. The Labute approximate surface area is 123 Å². The molecule has 1 heterocycles. The number of rotatable bonds is 6. The van der Waals surface area contributed by atoms with Crippen LogP contribution in [0.1, 0.15) is 24.0 Å². The molecule has 4 heteroatoms. The highest BCUT2D eigenvalue weighted by molar-refractivity contribution is 6.31. The minimum Gasteiger partial charge on any atom is -0.473 e. The Bertz CT molecular complexity index is 570. The molecular formula is C16H17ClN2O. The summed E-state index contributed by atoms with van der Waals surface area (Å²) in [4.78, 5) is 4.21. The molecule has 20 heavy (non-hydrogen) atoms. The van der Waals surface area contributed by atoms with E-state index in [0.717, 1.165) is 17.7 Å². The van der Waals surface area contributed by atoms with Crippen LogP contribution in [0.25, 0.3) is 0 Å². The van der Waals surface area contributed by atoms with Crippen LogP contribution in [0.15, 0.2) is 42.6 Å². The molecule has 0 radical (unpaired) electrons. The molecule has 3 nitrogen and oxygen atoms in total. The molecule has 1 N–H and O–H groups in total. The lowest BCUT2D eigenvalue weighted by atomic mass is 10.2. The van der Waals surface area contributed by atoms with Gasteiger partial charge in [-0.15, -0.1) is 0 Å². The van der Waals surface area contributed by atoms with E-state index in [4.69, 9.17) is 16.3 Å². The van der Waals surface area contributed by atoms with Gasteiger partial charge in [0.2, 0.25) is 5.88 Å². The van der Waals surface area contributed by atoms with Crippen LogP contribution < -0.4 is 10.1 Å². The van der Waals surface area contributed by atoms with E-state index in [2.05, 4.69) is 10.3 Å². The Morgan fingerprint density at radius 2 is 2.05 bits per heavy atom. The zero-order chi connectivity index (χ0) is 13.8. The topological polar surface area (TPSA) is 34.1 Å². The molecule has 3 rings (SSSR count). The second-order valence-electron chi connectivity index (χ2n) is 5.04. The fourth-order valence-electron chi connectivity index (χ4n) is 1.95. The molecule has 104 valence electrons. The third kappa shape index (κ3) is 3.71. The Morgan fingerprint density at radius 3 is 2.80 bits per heavy atom. The van der Waals surface area contributed by atoms with Crippen molar-refractivity contribution in [2.75, 3.05) is 0 Å². The number of nitrogens with one attached hydrogen (secondary N) is 1. The van der Waals surface area contributed by atoms with E-state index in [1.165, 1.54) is 12.8 Å². The van der Waals surface area contributed by atoms with Crippen molar-refractivity contribution in [2.45, 2.75) is 32.0 Å². The largest absolute Gasteiger partial charge is 0.473 e. The van der Waals surface area contributed by atoms with E-state index < -0.39 is 0 Å². The maximum Gasteiger partial charge on any atom is 0.213 e. The van der Waals surface area contributed by atoms with E-state index in [1.807, 2.05) is 36.4 Å². The minimum absolute atomic E-state index is 0.519. The van der Waals surface area contributed by atoms with E-state index in [-0.39, 0.29) is 0 Å². The molecule has 1 aromatic carbocycles. The standard InChI is InChI=1S/C16H17ClN2O/c17-15-10-19-16(8-13(15)9-18-14-6-7-14)20-11-12-4-2-1-3-5-12/h1-5,8,10,14,18H,6-7,9,11H2. The molecule has 0 aliphatic heterocycles. The van der Waals surface area contributed by atoms with Crippen molar-refractivity contribution >= 4 is 11.6 Å². The summed E-state index contributed by atoms with van der Waals surface area (Å²) in [6, 6.07) is 12.6. The van der Waals surface area contributed by atoms with Crippen molar-refractivity contribution in [3.63, 3.8) is 0 Å². The van der Waals surface area contributed by atoms with Crippen molar-refractivity contribution in [1.82, 2.24) is 10.3 Å². The summed E-state index contributed by atoms with van der Waals surface area (Å²) >= 11 is 6.16. The van der Waals surface area contributed by atoms with Crippen LogP contribution in [0.5, 0.6) is 5.88 Å². The molecule has 0 unspecified atom stereocenters. The Hall–Kier alpha value is -1.58. The minimum atomic E-state index is 0.519. The summed E-state index contributed by atoms with van der Waals surface area (Å²) < 4.78 is 5.71. The van der Waals surface area contributed by atoms with Crippen LogP contribution in [-0.4, -0.2) is 11.0 Å². The number of nitrogens with zero attached hydrogens (tertiary/aromatic N) is 1. The van der Waals surface area contributed by atoms with Crippen molar-refractivity contribution < 1.29 is 4.74 Å². The number of pyridine rings is 1. The summed E-state index contributed by atoms with van der Waals surface area (Å²) in [5.74, 6) is 0.617. The fourth-order valence-corrected chi connectivity index (χ4v) is 2.12. The first-order chi connectivity index (χ1) is 9.81. The number of benzene rings is 1. The molecule has 2 aromatic rings. The SMILES string of the molecule is Clc1cnc(OCc2ccccc2)cc1CNC1CC1. The predicted molar refractivity (Wildman–Crippen MR) is 79.9 cm³/mol. The van der Waals surface area contributed by atoms with Gasteiger partial charge >= 0.3 is 0 Å². The van der Waals surface area contributed by atoms with Gasteiger partial charge in [0.15, 0.2) is 0 Å². The normalized spacial score (nSPS) is 14.2. The second-order valence-corrected chi connectivity index (χ2v) is 5.45. The van der Waals surface area contributed by atoms with Crippen LogP contribution in [0.4, 0.5) is 0 Å². The van der Waals surface area contributed by atoms with Crippen molar-refractivity contribution in [3.8, 4) is 5.88 Å². The molecule has 1 aliphatic carbocycles. The smallest absolute Gasteiger partial charge is 0.213 e. The van der Waals surface area contributed by atoms with Gasteiger partial charge in [-0.1, -0.05) is 41.9 Å². The van der Waals surface area contributed by atoms with E-state index >= 15 is 0 Å². The van der Waals surface area contributed by atoms with Gasteiger partial charge in [-0.2, -0.15) is 0 Å². The van der Waals surface area contributed by atoms with Gasteiger partial charge in [-0.3, -0.25) is 0 Å². The molecule has 1 fully saturated rings. The van der Waals surface area contributed by atoms with Gasteiger partial charge in [-0.25, -0.2) is 4.98 Å². The van der Waals surface area contributed by atoms with Crippen LogP contribution in [0.3, 0.4) is 0 Å². The van der Waals surface area contributed by atoms with Crippen LogP contribution in [-0.2, 0) is 13.2 Å². The lowest BCUT2D eigenvalue weighted by Gasteiger charge is -2.09. The molecule has 0 atom stereocenters. The summed E-state index contributed by atoms with van der Waals surface area (Å²) in [7, 11) is 0. The Balaban J connectivity index is 1.62. The molecule has 0 spiro atoms. The summed E-state index contributed by atoms with van der Waals surface area (Å²) in [6.45, 7) is 1.29. The summed E-state index contributed by atoms with van der Waals surface area (Å²) in [5, 5.41) is 4.13. The molecule has 0 amide bonds. The second kappa shape index (κ2) is 6.25. The Kier molecular flexibility index (Phi) is 4.19. The van der Waals surface area contributed by atoms with Crippen LogP contribution >= 0.6 is 11.6 Å². The van der Waals surface area contributed by atoms with Crippen LogP contribution in [0.2, 0.25) is 5.02 Å². The highest BCUT2D eigenvalue weighted by Gasteiger charge is 2.20. The number of hydrogen-bond donors (Lipinski definition) is 1. The molecule has 1 saturated carbocycles. The molecule has 1 aliphatic rings. The maximum absolute atomic E-state index is 6.16. The average molecular weight is 289 g/mol. The van der Waals surface area contributed by atoms with E-state index in [0.29, 0.717) is 23.6 Å². The monoisotopic (exact) mass is 288 g/mol. The van der Waals surface area contributed by atoms with Gasteiger partial charge in [0.05, 0.1) is 5.02 Å². The van der Waals surface area contributed by atoms with Crippen molar-refractivity contribution in [3.05, 3.63) is 58.7 Å². The highest BCUT2D eigenvalue weighted by atomic mass is 35.5. The van der Waals surface area contributed by atoms with Gasteiger partial charge < -0.3 is 10.1 Å². The molecule has 0 saturated heterocycles. The van der Waals surface area contributed by atoms with Gasteiger partial charge in [-0.05, 0) is 24.0 Å². The summed E-state index contributed by atoms with van der Waals surface area (Å²) in [5.41, 5.74) is 2.17. The third-order valence-corrected chi connectivity index (χ3v) is 3.64. The highest BCUT2D eigenvalue weighted by Crippen LogP contribution is 2.23. The molecule has 1 aromatic heterocycles. The zero-order valence-electron chi connectivity index (χ0n) is 11.2. The number of hydrogen-bond acceptors (Lipinski definition) is 3. The fraction of sp³-hybridized carbons (Fsp3) is 0.312. The third-order valence-electron chi connectivity index (χ3n) is 3.30. The first-order valence-electron chi connectivity index (χ1n) is 6.86. The molecular weight excluding hydrogens is 272 g/mol. The number of ether oxygens (including phenoxy) is 1. The first kappa shape index (κ1) is 13.4. The van der Waals surface area contributed by atoms with E-state index in [9.17, 15) is 0 Å². The average Bonchev–Trinajstić information content (AvgIpc) is 3.30. The lowest BCUT2D eigenvalue weighted by Crippen LogP contribution is -2.15. The van der Waals surface area contributed by atoms with E-state index in [1.54, 1.807) is 6.20 Å². The van der Waals surface area contributed by atoms with Crippen molar-refractivity contribution in [2.24, 2.45) is 0 Å². The Morgan fingerprint density at radius 1 is 1.25 bits per heavy atom. The van der Waals surface area contributed by atoms with Gasteiger partial charge in [0, 0.05) is 24.8 Å².